The van der Waals surface area contributed by atoms with Gasteiger partial charge in [-0.25, -0.2) is 9.97 Å². The summed E-state index contributed by atoms with van der Waals surface area (Å²) in [6.07, 6.45) is 10.2. The van der Waals surface area contributed by atoms with Crippen LogP contribution in [-0.4, -0.2) is 20.4 Å². The number of hydrogen-bond donors (Lipinski definition) is 1. The molecule has 0 bridgehead atoms. The fourth-order valence-corrected chi connectivity index (χ4v) is 2.41. The standard InChI is InChI=1S/C19H20N4O/c1-2-3-4-15-5-8-17(9-6-15)22-19(24)16-7-10-18(21-13-16)23-12-11-20-14-23/h5-14H,2-4H2,1H3,(H,22,24). The van der Waals surface area contributed by atoms with Crippen LogP contribution >= 0.6 is 0 Å². The monoisotopic (exact) mass is 320 g/mol. The molecule has 5 heteroatoms. The Balaban J connectivity index is 1.64. The van der Waals surface area contributed by atoms with Gasteiger partial charge in [-0.05, 0) is 42.7 Å². The second kappa shape index (κ2) is 7.55. The van der Waals surface area contributed by atoms with Crippen molar-refractivity contribution in [2.24, 2.45) is 0 Å². The van der Waals surface area contributed by atoms with Crippen molar-refractivity contribution in [3.8, 4) is 5.82 Å². The molecule has 0 aliphatic heterocycles. The third-order valence-electron chi connectivity index (χ3n) is 3.81. The molecule has 3 rings (SSSR count). The van der Waals surface area contributed by atoms with Crippen molar-refractivity contribution in [2.45, 2.75) is 26.2 Å². The lowest BCUT2D eigenvalue weighted by Crippen LogP contribution is -2.12. The molecule has 0 fully saturated rings. The predicted molar refractivity (Wildman–Crippen MR) is 94.4 cm³/mol. The zero-order chi connectivity index (χ0) is 16.8. The molecule has 0 saturated carbocycles. The second-order valence-electron chi connectivity index (χ2n) is 5.63. The van der Waals surface area contributed by atoms with E-state index in [1.54, 1.807) is 35.4 Å². The van der Waals surface area contributed by atoms with Crippen molar-refractivity contribution < 1.29 is 4.79 Å². The fraction of sp³-hybridized carbons (Fsp3) is 0.211. The number of amides is 1. The van der Waals surface area contributed by atoms with Crippen molar-refractivity contribution in [3.05, 3.63) is 72.4 Å². The molecule has 0 aliphatic carbocycles. The Hall–Kier alpha value is -2.95. The van der Waals surface area contributed by atoms with Gasteiger partial charge in [0.05, 0.1) is 5.56 Å². The van der Waals surface area contributed by atoms with E-state index in [2.05, 4.69) is 34.3 Å². The molecule has 1 aromatic carbocycles. The quantitative estimate of drug-likeness (QED) is 0.750. The van der Waals surface area contributed by atoms with E-state index >= 15 is 0 Å². The Bertz CT molecular complexity index is 777. The topological polar surface area (TPSA) is 59.8 Å². The lowest BCUT2D eigenvalue weighted by molar-refractivity contribution is 0.102. The first kappa shape index (κ1) is 15.9. The number of imidazole rings is 1. The molecular formula is C19H20N4O. The summed E-state index contributed by atoms with van der Waals surface area (Å²) < 4.78 is 1.79. The minimum atomic E-state index is -0.166. The highest BCUT2D eigenvalue weighted by atomic mass is 16.1. The third kappa shape index (κ3) is 3.87. The molecule has 1 N–H and O–H groups in total. The molecule has 2 heterocycles. The normalized spacial score (nSPS) is 10.5. The van der Waals surface area contributed by atoms with Crippen molar-refractivity contribution in [2.75, 3.05) is 5.32 Å². The lowest BCUT2D eigenvalue weighted by atomic mass is 10.1. The average molecular weight is 320 g/mol. The minimum absolute atomic E-state index is 0.166. The number of carbonyl (C=O) groups is 1. The van der Waals surface area contributed by atoms with Gasteiger partial charge in [-0.2, -0.15) is 0 Å². The number of hydrogen-bond acceptors (Lipinski definition) is 3. The summed E-state index contributed by atoms with van der Waals surface area (Å²) in [6.45, 7) is 2.18. The van der Waals surface area contributed by atoms with E-state index < -0.39 is 0 Å². The van der Waals surface area contributed by atoms with E-state index in [0.717, 1.165) is 17.9 Å². The van der Waals surface area contributed by atoms with E-state index in [4.69, 9.17) is 0 Å². The summed E-state index contributed by atoms with van der Waals surface area (Å²) in [5, 5.41) is 2.90. The summed E-state index contributed by atoms with van der Waals surface area (Å²) in [7, 11) is 0. The maximum atomic E-state index is 12.3. The van der Waals surface area contributed by atoms with Crippen LogP contribution in [-0.2, 0) is 6.42 Å². The van der Waals surface area contributed by atoms with Gasteiger partial charge in [-0.3, -0.25) is 9.36 Å². The van der Waals surface area contributed by atoms with Crippen molar-refractivity contribution in [3.63, 3.8) is 0 Å². The van der Waals surface area contributed by atoms with Crippen molar-refractivity contribution >= 4 is 11.6 Å². The molecule has 122 valence electrons. The van der Waals surface area contributed by atoms with Gasteiger partial charge in [0.1, 0.15) is 12.1 Å². The summed E-state index contributed by atoms with van der Waals surface area (Å²) in [6, 6.07) is 11.6. The van der Waals surface area contributed by atoms with E-state index in [1.165, 1.54) is 18.4 Å². The third-order valence-corrected chi connectivity index (χ3v) is 3.81. The number of aromatic nitrogens is 3. The van der Waals surface area contributed by atoms with Gasteiger partial charge in [0.2, 0.25) is 0 Å². The average Bonchev–Trinajstić information content (AvgIpc) is 3.16. The molecule has 3 aromatic rings. The minimum Gasteiger partial charge on any atom is -0.322 e. The smallest absolute Gasteiger partial charge is 0.257 e. The zero-order valence-electron chi connectivity index (χ0n) is 13.6. The van der Waals surface area contributed by atoms with Gasteiger partial charge in [0.25, 0.3) is 5.91 Å². The van der Waals surface area contributed by atoms with Gasteiger partial charge < -0.3 is 5.32 Å². The Morgan fingerprint density at radius 1 is 1.17 bits per heavy atom. The van der Waals surface area contributed by atoms with Crippen LogP contribution in [0.3, 0.4) is 0 Å². The fourth-order valence-electron chi connectivity index (χ4n) is 2.41. The number of unbranched alkanes of at least 4 members (excludes halogenated alkanes) is 1. The van der Waals surface area contributed by atoms with Gasteiger partial charge in [-0.15, -0.1) is 0 Å². The van der Waals surface area contributed by atoms with E-state index in [-0.39, 0.29) is 5.91 Å². The highest BCUT2D eigenvalue weighted by molar-refractivity contribution is 6.04. The van der Waals surface area contributed by atoms with Crippen molar-refractivity contribution in [1.82, 2.24) is 14.5 Å². The molecule has 0 spiro atoms. The Labute approximate surface area is 141 Å². The first-order valence-electron chi connectivity index (χ1n) is 8.11. The first-order valence-corrected chi connectivity index (χ1v) is 8.11. The number of nitrogens with one attached hydrogen (secondary N) is 1. The van der Waals surface area contributed by atoms with Gasteiger partial charge in [-0.1, -0.05) is 25.5 Å². The molecule has 0 unspecified atom stereocenters. The van der Waals surface area contributed by atoms with Gasteiger partial charge in [0, 0.05) is 24.3 Å². The number of rotatable bonds is 6. The molecule has 24 heavy (non-hydrogen) atoms. The molecular weight excluding hydrogens is 300 g/mol. The maximum absolute atomic E-state index is 12.3. The predicted octanol–water partition coefficient (Wildman–Crippen LogP) is 3.86. The molecule has 0 aliphatic rings. The van der Waals surface area contributed by atoms with Crippen LogP contribution in [0.1, 0.15) is 35.7 Å². The first-order chi connectivity index (χ1) is 11.8. The molecule has 1 amide bonds. The number of nitrogens with zero attached hydrogens (tertiary/aromatic N) is 3. The number of pyridine rings is 1. The van der Waals surface area contributed by atoms with E-state index in [0.29, 0.717) is 5.56 Å². The molecule has 0 radical (unpaired) electrons. The summed E-state index contributed by atoms with van der Waals surface area (Å²) in [5.41, 5.74) is 2.61. The van der Waals surface area contributed by atoms with Crippen LogP contribution in [0.4, 0.5) is 5.69 Å². The summed E-state index contributed by atoms with van der Waals surface area (Å²) >= 11 is 0. The maximum Gasteiger partial charge on any atom is 0.257 e. The molecule has 5 nitrogen and oxygen atoms in total. The zero-order valence-corrected chi connectivity index (χ0v) is 13.6. The number of anilines is 1. The summed E-state index contributed by atoms with van der Waals surface area (Å²) in [4.78, 5) is 20.6. The SMILES string of the molecule is CCCCc1ccc(NC(=O)c2ccc(-n3ccnc3)nc2)cc1. The van der Waals surface area contributed by atoms with Crippen LogP contribution in [0.15, 0.2) is 61.3 Å². The second-order valence-corrected chi connectivity index (χ2v) is 5.63. The Morgan fingerprint density at radius 2 is 2.00 bits per heavy atom. The van der Waals surface area contributed by atoms with Crippen LogP contribution in [0, 0.1) is 0 Å². The molecule has 0 saturated heterocycles. The van der Waals surface area contributed by atoms with Crippen LogP contribution in [0.2, 0.25) is 0 Å². The number of carbonyl (C=O) groups excluding carboxylic acids is 1. The summed E-state index contributed by atoms with van der Waals surface area (Å²) in [5.74, 6) is 0.560. The van der Waals surface area contributed by atoms with Crippen molar-refractivity contribution in [1.29, 1.82) is 0 Å². The van der Waals surface area contributed by atoms with Crippen LogP contribution in [0.5, 0.6) is 0 Å². The Morgan fingerprint density at radius 3 is 2.62 bits per heavy atom. The molecule has 2 aromatic heterocycles. The van der Waals surface area contributed by atoms with Gasteiger partial charge >= 0.3 is 0 Å². The lowest BCUT2D eigenvalue weighted by Gasteiger charge is -2.07. The van der Waals surface area contributed by atoms with E-state index in [9.17, 15) is 4.79 Å². The number of aryl methyl sites for hydroxylation is 1. The highest BCUT2D eigenvalue weighted by Gasteiger charge is 2.07. The van der Waals surface area contributed by atoms with Crippen LogP contribution in [0.25, 0.3) is 5.82 Å². The molecule has 0 atom stereocenters. The highest BCUT2D eigenvalue weighted by Crippen LogP contribution is 2.13. The van der Waals surface area contributed by atoms with Gasteiger partial charge in [0.15, 0.2) is 0 Å². The number of benzene rings is 1. The largest absolute Gasteiger partial charge is 0.322 e. The van der Waals surface area contributed by atoms with Crippen LogP contribution < -0.4 is 5.32 Å². The Kier molecular flexibility index (Phi) is 5.01. The van der Waals surface area contributed by atoms with E-state index in [1.807, 2.05) is 18.3 Å².